The number of nitrogens with zero attached hydrogens (tertiary/aromatic N) is 3. The number of benzene rings is 2. The molecule has 0 amide bonds. The van der Waals surface area contributed by atoms with Gasteiger partial charge in [-0.2, -0.15) is 5.10 Å². The molecule has 0 unspecified atom stereocenters. The van der Waals surface area contributed by atoms with E-state index in [1.807, 2.05) is 6.07 Å². The van der Waals surface area contributed by atoms with Crippen LogP contribution in [0.2, 0.25) is 0 Å². The van der Waals surface area contributed by atoms with Crippen molar-refractivity contribution in [3.8, 4) is 17.5 Å². The second-order valence-corrected chi connectivity index (χ2v) is 6.01. The zero-order valence-corrected chi connectivity index (χ0v) is 14.5. The molecule has 4 rings (SSSR count). The molecule has 0 fully saturated rings. The molecule has 0 spiro atoms. The molecule has 0 aliphatic heterocycles. The van der Waals surface area contributed by atoms with Crippen molar-refractivity contribution in [1.82, 2.24) is 19.3 Å². The number of aromatic nitrogens is 4. The Kier molecular flexibility index (Phi) is 4.12. The zero-order valence-electron chi connectivity index (χ0n) is 14.5. The first-order valence-electron chi connectivity index (χ1n) is 8.19. The number of hydrogen-bond acceptors (Lipinski definition) is 3. The van der Waals surface area contributed by atoms with Gasteiger partial charge in [-0.05, 0) is 24.3 Å². The minimum Gasteiger partial charge on any atom is -0.291 e. The van der Waals surface area contributed by atoms with Crippen molar-refractivity contribution in [3.05, 3.63) is 92.3 Å². The molecule has 0 saturated carbocycles. The quantitative estimate of drug-likeness (QED) is 0.516. The Morgan fingerprint density at radius 3 is 2.32 bits per heavy atom. The van der Waals surface area contributed by atoms with Gasteiger partial charge < -0.3 is 0 Å². The topological polar surface area (TPSA) is 72.7 Å². The van der Waals surface area contributed by atoms with Gasteiger partial charge in [-0.3, -0.25) is 14.5 Å². The Labute approximate surface area is 156 Å². The summed E-state index contributed by atoms with van der Waals surface area (Å²) < 4.78 is 31.0. The Morgan fingerprint density at radius 2 is 1.64 bits per heavy atom. The second-order valence-electron chi connectivity index (χ2n) is 6.01. The summed E-state index contributed by atoms with van der Waals surface area (Å²) in [7, 11) is 1.53. The van der Waals surface area contributed by atoms with Crippen molar-refractivity contribution in [3.63, 3.8) is 0 Å². The van der Waals surface area contributed by atoms with Crippen LogP contribution >= 0.6 is 0 Å². The molecule has 0 atom stereocenters. The third-order valence-electron chi connectivity index (χ3n) is 4.17. The van der Waals surface area contributed by atoms with Gasteiger partial charge in [-0.1, -0.05) is 30.0 Å². The van der Waals surface area contributed by atoms with E-state index in [1.54, 1.807) is 24.3 Å². The maximum absolute atomic E-state index is 14.6. The van der Waals surface area contributed by atoms with Gasteiger partial charge in [-0.25, -0.2) is 18.1 Å². The maximum Gasteiger partial charge on any atom is 0.334 e. The molecule has 4 aromatic rings. The third-order valence-corrected chi connectivity index (χ3v) is 4.17. The van der Waals surface area contributed by atoms with E-state index in [9.17, 15) is 18.4 Å². The van der Waals surface area contributed by atoms with Crippen LogP contribution in [-0.4, -0.2) is 19.3 Å². The van der Waals surface area contributed by atoms with Crippen LogP contribution in [0.4, 0.5) is 8.78 Å². The van der Waals surface area contributed by atoms with E-state index in [-0.39, 0.29) is 16.6 Å². The molecule has 138 valence electrons. The van der Waals surface area contributed by atoms with Crippen LogP contribution in [0.5, 0.6) is 0 Å². The highest BCUT2D eigenvalue weighted by molar-refractivity contribution is 5.73. The summed E-state index contributed by atoms with van der Waals surface area (Å²) in [4.78, 5) is 27.3. The standard InChI is InChI=1S/C20H12F2N4O2/c1-25-18-14(11-23-25)19(27)26(20(28)24-18)17-15(21)9-13(10-16(17)22)8-7-12-5-3-2-4-6-12/h2-6,9-11H,1H3,(H,24,28). The van der Waals surface area contributed by atoms with Gasteiger partial charge in [0.25, 0.3) is 5.56 Å². The molecule has 0 bridgehead atoms. The summed E-state index contributed by atoms with van der Waals surface area (Å²) >= 11 is 0. The molecule has 2 heterocycles. The van der Waals surface area contributed by atoms with Crippen molar-refractivity contribution in [2.45, 2.75) is 0 Å². The van der Waals surface area contributed by atoms with Crippen LogP contribution < -0.4 is 11.2 Å². The molecule has 28 heavy (non-hydrogen) atoms. The Balaban J connectivity index is 1.87. The molecular weight excluding hydrogens is 366 g/mol. The summed E-state index contributed by atoms with van der Waals surface area (Å²) in [5.74, 6) is 3.31. The summed E-state index contributed by atoms with van der Waals surface area (Å²) in [5, 5.41) is 3.91. The van der Waals surface area contributed by atoms with Crippen molar-refractivity contribution in [2.24, 2.45) is 7.05 Å². The van der Waals surface area contributed by atoms with E-state index in [0.29, 0.717) is 10.1 Å². The van der Waals surface area contributed by atoms with Gasteiger partial charge in [0.1, 0.15) is 16.7 Å². The van der Waals surface area contributed by atoms with Gasteiger partial charge in [0.05, 0.1) is 6.20 Å². The fraction of sp³-hybridized carbons (Fsp3) is 0.0500. The highest BCUT2D eigenvalue weighted by Crippen LogP contribution is 2.18. The second kappa shape index (κ2) is 6.63. The molecule has 2 aromatic carbocycles. The van der Waals surface area contributed by atoms with Crippen LogP contribution in [0.1, 0.15) is 11.1 Å². The Bertz CT molecular complexity index is 1370. The molecule has 8 heteroatoms. The molecule has 0 aliphatic rings. The van der Waals surface area contributed by atoms with Gasteiger partial charge in [-0.15, -0.1) is 0 Å². The average Bonchev–Trinajstić information content (AvgIpc) is 3.04. The van der Waals surface area contributed by atoms with Gasteiger partial charge in [0, 0.05) is 18.2 Å². The van der Waals surface area contributed by atoms with E-state index >= 15 is 0 Å². The number of nitrogens with one attached hydrogen (secondary N) is 1. The maximum atomic E-state index is 14.6. The first kappa shape index (κ1) is 17.4. The van der Waals surface area contributed by atoms with E-state index in [4.69, 9.17) is 0 Å². The van der Waals surface area contributed by atoms with Crippen molar-refractivity contribution in [2.75, 3.05) is 0 Å². The lowest BCUT2D eigenvalue weighted by molar-refractivity contribution is 0.562. The summed E-state index contributed by atoms with van der Waals surface area (Å²) in [6.45, 7) is 0. The highest BCUT2D eigenvalue weighted by atomic mass is 19.1. The number of aromatic amines is 1. The van der Waals surface area contributed by atoms with Crippen LogP contribution in [0.3, 0.4) is 0 Å². The lowest BCUT2D eigenvalue weighted by Gasteiger charge is -2.08. The van der Waals surface area contributed by atoms with Crippen LogP contribution in [-0.2, 0) is 7.05 Å². The number of H-pyrrole nitrogens is 1. The fourth-order valence-electron chi connectivity index (χ4n) is 2.83. The minimum atomic E-state index is -1.08. The van der Waals surface area contributed by atoms with E-state index < -0.39 is 28.6 Å². The summed E-state index contributed by atoms with van der Waals surface area (Å²) in [6.07, 6.45) is 1.22. The number of fused-ring (bicyclic) bond motifs is 1. The van der Waals surface area contributed by atoms with Gasteiger partial charge in [0.2, 0.25) is 0 Å². The molecule has 0 aliphatic carbocycles. The summed E-state index contributed by atoms with van der Waals surface area (Å²) in [6, 6.07) is 10.9. The van der Waals surface area contributed by atoms with Crippen LogP contribution in [0.25, 0.3) is 16.7 Å². The molecule has 2 aromatic heterocycles. The number of rotatable bonds is 1. The monoisotopic (exact) mass is 378 g/mol. The molecular formula is C20H12F2N4O2. The first-order chi connectivity index (χ1) is 13.5. The minimum absolute atomic E-state index is 0.0360. The number of hydrogen-bond donors (Lipinski definition) is 1. The zero-order chi connectivity index (χ0) is 19.8. The molecule has 6 nitrogen and oxygen atoms in total. The SMILES string of the molecule is Cn1ncc2c(=O)n(-c3c(F)cc(C#Cc4ccccc4)cc3F)c(=O)[nH]c21. The van der Waals surface area contributed by atoms with Crippen molar-refractivity contribution < 1.29 is 8.78 Å². The number of aryl methyl sites for hydroxylation is 1. The lowest BCUT2D eigenvalue weighted by atomic mass is 10.1. The molecule has 1 N–H and O–H groups in total. The van der Waals surface area contributed by atoms with E-state index in [0.717, 1.165) is 12.1 Å². The van der Waals surface area contributed by atoms with Crippen LogP contribution in [0, 0.1) is 23.5 Å². The smallest absolute Gasteiger partial charge is 0.291 e. The fourth-order valence-corrected chi connectivity index (χ4v) is 2.83. The van der Waals surface area contributed by atoms with Gasteiger partial charge in [0.15, 0.2) is 11.6 Å². The van der Waals surface area contributed by atoms with Crippen molar-refractivity contribution >= 4 is 11.0 Å². The van der Waals surface area contributed by atoms with Crippen LogP contribution in [0.15, 0.2) is 58.3 Å². The van der Waals surface area contributed by atoms with Crippen molar-refractivity contribution in [1.29, 1.82) is 0 Å². The van der Waals surface area contributed by atoms with E-state index in [2.05, 4.69) is 21.9 Å². The summed E-state index contributed by atoms with van der Waals surface area (Å²) in [5.41, 5.74) is -1.67. The largest absolute Gasteiger partial charge is 0.334 e. The normalized spacial score (nSPS) is 10.7. The third kappa shape index (κ3) is 2.89. The van der Waals surface area contributed by atoms with Gasteiger partial charge >= 0.3 is 5.69 Å². The first-order valence-corrected chi connectivity index (χ1v) is 8.19. The Hall–Kier alpha value is -3.99. The molecule has 0 radical (unpaired) electrons. The Morgan fingerprint density at radius 1 is 1.00 bits per heavy atom. The highest BCUT2D eigenvalue weighted by Gasteiger charge is 2.19. The predicted molar refractivity (Wildman–Crippen MR) is 99.3 cm³/mol. The average molecular weight is 378 g/mol. The lowest BCUT2D eigenvalue weighted by Crippen LogP contribution is -2.35. The van der Waals surface area contributed by atoms with E-state index in [1.165, 1.54) is 17.9 Å². The number of halogens is 2. The molecule has 0 saturated heterocycles. The predicted octanol–water partition coefficient (Wildman–Crippen LogP) is 2.09.